The molecule has 0 N–H and O–H groups in total. The predicted octanol–water partition coefficient (Wildman–Crippen LogP) is 4.24. The first kappa shape index (κ1) is 15.2. The second kappa shape index (κ2) is 6.18. The van der Waals surface area contributed by atoms with Gasteiger partial charge >= 0.3 is 0 Å². The molecule has 0 fully saturated rings. The van der Waals surface area contributed by atoms with Gasteiger partial charge in [0.2, 0.25) is 0 Å². The molecule has 1 amide bonds. The lowest BCUT2D eigenvalue weighted by atomic mass is 10.1. The highest BCUT2D eigenvalue weighted by Crippen LogP contribution is 2.38. The number of benzene rings is 2. The van der Waals surface area contributed by atoms with Crippen LogP contribution in [0.25, 0.3) is 0 Å². The first-order chi connectivity index (χ1) is 10.6. The lowest BCUT2D eigenvalue weighted by Gasteiger charge is -2.29. The Kier molecular flexibility index (Phi) is 4.27. The minimum atomic E-state index is -0.471. The number of hydrogen-bond acceptors (Lipinski definition) is 3. The molecule has 2 aromatic carbocycles. The number of thioether (sulfide) groups is 1. The average molecular weight is 338 g/mol. The maximum atomic E-state index is 13.5. The van der Waals surface area contributed by atoms with Crippen molar-refractivity contribution in [1.82, 2.24) is 0 Å². The van der Waals surface area contributed by atoms with Crippen molar-refractivity contribution in [3.63, 3.8) is 0 Å². The van der Waals surface area contributed by atoms with Crippen molar-refractivity contribution in [2.75, 3.05) is 24.3 Å². The summed E-state index contributed by atoms with van der Waals surface area (Å²) in [6, 6.07) is 9.38. The van der Waals surface area contributed by atoms with Crippen LogP contribution in [-0.4, -0.2) is 25.3 Å². The molecule has 0 aliphatic carbocycles. The van der Waals surface area contributed by atoms with E-state index in [-0.39, 0.29) is 11.5 Å². The van der Waals surface area contributed by atoms with E-state index in [0.29, 0.717) is 17.3 Å². The Morgan fingerprint density at radius 1 is 1.32 bits per heavy atom. The summed E-state index contributed by atoms with van der Waals surface area (Å²) in [7, 11) is 1.46. The molecule has 3 rings (SSSR count). The zero-order chi connectivity index (χ0) is 15.7. The topological polar surface area (TPSA) is 29.5 Å². The van der Waals surface area contributed by atoms with Gasteiger partial charge < -0.3 is 9.64 Å². The van der Waals surface area contributed by atoms with Gasteiger partial charge in [0, 0.05) is 22.2 Å². The molecular weight excluding hydrogens is 325 g/mol. The normalized spacial score (nSPS) is 13.7. The lowest BCUT2D eigenvalue weighted by Crippen LogP contribution is -2.35. The van der Waals surface area contributed by atoms with Gasteiger partial charge in [0.05, 0.1) is 18.4 Å². The molecule has 0 unspecified atom stereocenters. The number of methoxy groups -OCH3 is 1. The van der Waals surface area contributed by atoms with Crippen molar-refractivity contribution in [3.05, 3.63) is 52.8 Å². The minimum absolute atomic E-state index is 0.209. The maximum Gasteiger partial charge on any atom is 0.262 e. The second-order valence-electron chi connectivity index (χ2n) is 4.76. The summed E-state index contributed by atoms with van der Waals surface area (Å²) in [6.45, 7) is 0.538. The summed E-state index contributed by atoms with van der Waals surface area (Å²) in [5.74, 6) is 0.369. The van der Waals surface area contributed by atoms with Crippen LogP contribution in [0, 0.1) is 5.82 Å². The van der Waals surface area contributed by atoms with Crippen LogP contribution >= 0.6 is 23.4 Å². The summed E-state index contributed by atoms with van der Waals surface area (Å²) in [5.41, 5.74) is 0.959. The fraction of sp³-hybridized carbons (Fsp3) is 0.188. The summed E-state index contributed by atoms with van der Waals surface area (Å²) < 4.78 is 18.7. The Balaban J connectivity index is 2.04. The third kappa shape index (κ3) is 2.78. The molecule has 0 saturated carbocycles. The van der Waals surface area contributed by atoms with Crippen molar-refractivity contribution < 1.29 is 13.9 Å². The number of ether oxygens (including phenoxy) is 1. The molecule has 1 aliphatic heterocycles. The van der Waals surface area contributed by atoms with E-state index in [1.807, 2.05) is 6.07 Å². The van der Waals surface area contributed by atoms with Crippen molar-refractivity contribution in [3.8, 4) is 5.75 Å². The van der Waals surface area contributed by atoms with Crippen molar-refractivity contribution in [2.24, 2.45) is 0 Å². The summed E-state index contributed by atoms with van der Waals surface area (Å²) in [6.07, 6.45) is 0. The highest BCUT2D eigenvalue weighted by Gasteiger charge is 2.26. The molecule has 0 spiro atoms. The number of carbonyl (C=O) groups excluding carboxylic acids is 1. The smallest absolute Gasteiger partial charge is 0.262 e. The number of amides is 1. The Labute approximate surface area is 137 Å². The van der Waals surface area contributed by atoms with E-state index in [1.165, 1.54) is 25.3 Å². The molecule has 6 heteroatoms. The number of nitrogens with zero attached hydrogens (tertiary/aromatic N) is 1. The van der Waals surface area contributed by atoms with Gasteiger partial charge in [-0.05, 0) is 36.4 Å². The standard InChI is InChI=1S/C16H13ClFNO2S/c1-21-14-4-3-11(18)9-12(14)16(20)19-6-7-22-15-5-2-10(17)8-13(15)19/h2-5,8-9H,6-7H2,1H3. The first-order valence-electron chi connectivity index (χ1n) is 6.68. The van der Waals surface area contributed by atoms with E-state index >= 15 is 0 Å². The fourth-order valence-corrected chi connectivity index (χ4v) is 3.54. The van der Waals surface area contributed by atoms with E-state index in [9.17, 15) is 9.18 Å². The highest BCUT2D eigenvalue weighted by molar-refractivity contribution is 7.99. The van der Waals surface area contributed by atoms with Gasteiger partial charge in [-0.1, -0.05) is 11.6 Å². The molecule has 3 nitrogen and oxygen atoms in total. The van der Waals surface area contributed by atoms with E-state index in [4.69, 9.17) is 16.3 Å². The third-order valence-corrected chi connectivity index (χ3v) is 4.70. The minimum Gasteiger partial charge on any atom is -0.496 e. The number of rotatable bonds is 2. The molecule has 1 heterocycles. The lowest BCUT2D eigenvalue weighted by molar-refractivity contribution is 0.0984. The van der Waals surface area contributed by atoms with E-state index in [2.05, 4.69) is 0 Å². The van der Waals surface area contributed by atoms with Crippen molar-refractivity contribution in [2.45, 2.75) is 4.90 Å². The number of carbonyl (C=O) groups is 1. The van der Waals surface area contributed by atoms with E-state index in [1.54, 1.807) is 28.8 Å². The Hall–Kier alpha value is -1.72. The molecule has 22 heavy (non-hydrogen) atoms. The molecule has 0 bridgehead atoms. The van der Waals surface area contributed by atoms with Crippen LogP contribution in [0.2, 0.25) is 5.02 Å². The third-order valence-electron chi connectivity index (χ3n) is 3.42. The van der Waals surface area contributed by atoms with Gasteiger partial charge in [-0.15, -0.1) is 11.8 Å². The van der Waals surface area contributed by atoms with Gasteiger partial charge in [-0.25, -0.2) is 4.39 Å². The number of hydrogen-bond donors (Lipinski definition) is 0. The average Bonchev–Trinajstić information content (AvgIpc) is 2.53. The van der Waals surface area contributed by atoms with E-state index in [0.717, 1.165) is 16.3 Å². The molecular formula is C16H13ClFNO2S. The van der Waals surface area contributed by atoms with Gasteiger partial charge in [0.15, 0.2) is 0 Å². The predicted molar refractivity (Wildman–Crippen MR) is 86.8 cm³/mol. The van der Waals surface area contributed by atoms with E-state index < -0.39 is 5.82 Å². The molecule has 0 atom stereocenters. The van der Waals surface area contributed by atoms with Crippen LogP contribution in [0.15, 0.2) is 41.3 Å². The zero-order valence-electron chi connectivity index (χ0n) is 11.8. The monoisotopic (exact) mass is 337 g/mol. The molecule has 1 aliphatic rings. The van der Waals surface area contributed by atoms with Crippen molar-refractivity contribution in [1.29, 1.82) is 0 Å². The molecule has 0 saturated heterocycles. The van der Waals surface area contributed by atoms with Crippen LogP contribution < -0.4 is 9.64 Å². The van der Waals surface area contributed by atoms with Crippen LogP contribution in [-0.2, 0) is 0 Å². The largest absolute Gasteiger partial charge is 0.496 e. The second-order valence-corrected chi connectivity index (χ2v) is 6.34. The number of fused-ring (bicyclic) bond motifs is 1. The van der Waals surface area contributed by atoms with Crippen LogP contribution in [0.1, 0.15) is 10.4 Å². The number of anilines is 1. The molecule has 114 valence electrons. The molecule has 2 aromatic rings. The molecule has 0 radical (unpaired) electrons. The van der Waals surface area contributed by atoms with Crippen LogP contribution in [0.4, 0.5) is 10.1 Å². The quantitative estimate of drug-likeness (QED) is 0.821. The molecule has 0 aromatic heterocycles. The van der Waals surface area contributed by atoms with Crippen LogP contribution in [0.3, 0.4) is 0 Å². The Morgan fingerprint density at radius 3 is 2.91 bits per heavy atom. The number of halogens is 2. The highest BCUT2D eigenvalue weighted by atomic mass is 35.5. The summed E-state index contributed by atoms with van der Waals surface area (Å²) in [4.78, 5) is 15.4. The SMILES string of the molecule is COc1ccc(F)cc1C(=O)N1CCSc2ccc(Cl)cc21. The Morgan fingerprint density at radius 2 is 2.14 bits per heavy atom. The van der Waals surface area contributed by atoms with Gasteiger partial charge in [0.25, 0.3) is 5.91 Å². The van der Waals surface area contributed by atoms with Crippen LogP contribution in [0.5, 0.6) is 5.75 Å². The van der Waals surface area contributed by atoms with Gasteiger partial charge in [-0.3, -0.25) is 4.79 Å². The Bertz CT molecular complexity index is 738. The zero-order valence-corrected chi connectivity index (χ0v) is 13.4. The van der Waals surface area contributed by atoms with Crippen molar-refractivity contribution >= 4 is 35.0 Å². The first-order valence-corrected chi connectivity index (χ1v) is 8.04. The fourth-order valence-electron chi connectivity index (χ4n) is 2.39. The maximum absolute atomic E-state index is 13.5. The van der Waals surface area contributed by atoms with Gasteiger partial charge in [-0.2, -0.15) is 0 Å². The van der Waals surface area contributed by atoms with Gasteiger partial charge in [0.1, 0.15) is 11.6 Å². The summed E-state index contributed by atoms with van der Waals surface area (Å²) >= 11 is 7.71. The summed E-state index contributed by atoms with van der Waals surface area (Å²) in [5, 5.41) is 0.560.